The number of aromatic nitrogens is 1. The van der Waals surface area contributed by atoms with Crippen molar-refractivity contribution in [2.24, 2.45) is 5.92 Å². The molecule has 3 aromatic rings. The lowest BCUT2D eigenvalue weighted by atomic mass is 10.1. The molecule has 2 nitrogen and oxygen atoms in total. The fourth-order valence-electron chi connectivity index (χ4n) is 2.44. The Labute approximate surface area is 136 Å². The van der Waals surface area contributed by atoms with E-state index < -0.39 is 0 Å². The van der Waals surface area contributed by atoms with Gasteiger partial charge in [-0.25, -0.2) is 0 Å². The summed E-state index contributed by atoms with van der Waals surface area (Å²) in [5.74, 6) is 1.63. The lowest BCUT2D eigenvalue weighted by molar-refractivity contribution is -0.672. The summed E-state index contributed by atoms with van der Waals surface area (Å²) in [6.07, 6.45) is 2.39. The van der Waals surface area contributed by atoms with E-state index in [0.29, 0.717) is 0 Å². The summed E-state index contributed by atoms with van der Waals surface area (Å²) in [6, 6.07) is 18.6. The molecule has 0 aliphatic carbocycles. The van der Waals surface area contributed by atoms with Gasteiger partial charge in [-0.1, -0.05) is 50.6 Å². The quantitative estimate of drug-likeness (QED) is 0.554. The molecule has 0 spiro atoms. The average Bonchev–Trinajstić information content (AvgIpc) is 2.90. The Morgan fingerprint density at radius 3 is 2.55 bits per heavy atom. The van der Waals surface area contributed by atoms with Gasteiger partial charge in [-0.3, -0.25) is 0 Å². The second kappa shape index (κ2) is 6.93. The minimum Gasteiger partial charge on any atom is -0.397 e. The van der Waals surface area contributed by atoms with Crippen molar-refractivity contribution in [1.29, 1.82) is 0 Å². The van der Waals surface area contributed by atoms with Gasteiger partial charge in [-0.2, -0.15) is 0 Å². The summed E-state index contributed by atoms with van der Waals surface area (Å²) in [6.45, 7) is 5.57. The van der Waals surface area contributed by atoms with Crippen LogP contribution < -0.4 is 9.30 Å². The highest BCUT2D eigenvalue weighted by Gasteiger charge is 2.22. The first-order chi connectivity index (χ1) is 10.8. The molecule has 3 rings (SSSR count). The van der Waals surface area contributed by atoms with E-state index in [-0.39, 0.29) is 0 Å². The summed E-state index contributed by atoms with van der Waals surface area (Å²) >= 11 is 1.72. The first-order valence-electron chi connectivity index (χ1n) is 7.92. The average molecular weight is 312 g/mol. The standard InChI is InChI=1S/C19H22NOS/c1-3-15(2)13-14-20-17-11-7-8-12-18(17)22-19(20)21-16-9-5-4-6-10-16/h4-12,15H,3,13-14H2,1-2H3/q+1. The van der Waals surface area contributed by atoms with Crippen molar-refractivity contribution in [3.05, 3.63) is 54.6 Å². The van der Waals surface area contributed by atoms with Crippen molar-refractivity contribution in [3.63, 3.8) is 0 Å². The maximum Gasteiger partial charge on any atom is 0.436 e. The third kappa shape index (κ3) is 3.30. The van der Waals surface area contributed by atoms with Crippen molar-refractivity contribution in [3.8, 4) is 10.9 Å². The van der Waals surface area contributed by atoms with Crippen LogP contribution in [0.1, 0.15) is 26.7 Å². The normalized spacial score (nSPS) is 12.5. The predicted octanol–water partition coefficient (Wildman–Crippen LogP) is 5.42. The third-order valence-electron chi connectivity index (χ3n) is 4.06. The largest absolute Gasteiger partial charge is 0.436 e. The second-order valence-corrected chi connectivity index (χ2v) is 6.70. The summed E-state index contributed by atoms with van der Waals surface area (Å²) < 4.78 is 9.74. The van der Waals surface area contributed by atoms with Crippen LogP contribution in [0.2, 0.25) is 0 Å². The number of rotatable bonds is 6. The number of ether oxygens (including phenoxy) is 1. The van der Waals surface area contributed by atoms with E-state index in [1.165, 1.54) is 23.1 Å². The van der Waals surface area contributed by atoms with Crippen molar-refractivity contribution < 1.29 is 9.30 Å². The second-order valence-electron chi connectivity index (χ2n) is 5.70. The first kappa shape index (κ1) is 15.0. The predicted molar refractivity (Wildman–Crippen MR) is 92.6 cm³/mol. The third-order valence-corrected chi connectivity index (χ3v) is 5.11. The maximum absolute atomic E-state index is 6.14. The van der Waals surface area contributed by atoms with Gasteiger partial charge in [0.15, 0.2) is 6.54 Å². The number of benzene rings is 2. The molecule has 0 saturated carbocycles. The van der Waals surface area contributed by atoms with Gasteiger partial charge in [0.2, 0.25) is 5.52 Å². The summed E-state index contributed by atoms with van der Waals surface area (Å²) in [7, 11) is 0. The number of fused-ring (bicyclic) bond motifs is 1. The van der Waals surface area contributed by atoms with Gasteiger partial charge >= 0.3 is 5.19 Å². The number of hydrogen-bond donors (Lipinski definition) is 0. The zero-order valence-corrected chi connectivity index (χ0v) is 14.0. The van der Waals surface area contributed by atoms with E-state index in [2.05, 4.69) is 42.7 Å². The first-order valence-corrected chi connectivity index (χ1v) is 8.74. The molecule has 0 bridgehead atoms. The fourth-order valence-corrected chi connectivity index (χ4v) is 3.50. The minimum absolute atomic E-state index is 0.732. The number of para-hydroxylation sites is 2. The maximum atomic E-state index is 6.14. The molecule has 0 saturated heterocycles. The van der Waals surface area contributed by atoms with Crippen molar-refractivity contribution in [2.75, 3.05) is 0 Å². The molecule has 1 aromatic heterocycles. The smallest absolute Gasteiger partial charge is 0.397 e. The Morgan fingerprint density at radius 2 is 1.77 bits per heavy atom. The zero-order chi connectivity index (χ0) is 15.4. The number of thiazole rings is 1. The molecular weight excluding hydrogens is 290 g/mol. The van der Waals surface area contributed by atoms with Crippen LogP contribution in [0.25, 0.3) is 10.2 Å². The fraction of sp³-hybridized carbons (Fsp3) is 0.316. The van der Waals surface area contributed by atoms with Gasteiger partial charge in [0.05, 0.1) is 0 Å². The van der Waals surface area contributed by atoms with Crippen LogP contribution in [-0.2, 0) is 6.54 Å². The van der Waals surface area contributed by atoms with Gasteiger partial charge < -0.3 is 4.74 Å². The summed E-state index contributed by atoms with van der Waals surface area (Å²) in [5.41, 5.74) is 1.27. The van der Waals surface area contributed by atoms with Gasteiger partial charge in [0.25, 0.3) is 0 Å². The van der Waals surface area contributed by atoms with Gasteiger partial charge in [-0.05, 0) is 35.5 Å². The Bertz CT molecular complexity index is 736. The molecule has 22 heavy (non-hydrogen) atoms. The molecule has 3 heteroatoms. The molecule has 114 valence electrons. The van der Waals surface area contributed by atoms with Crippen LogP contribution in [0.15, 0.2) is 54.6 Å². The van der Waals surface area contributed by atoms with E-state index in [9.17, 15) is 0 Å². The molecule has 0 fully saturated rings. The molecule has 0 N–H and O–H groups in total. The highest BCUT2D eigenvalue weighted by atomic mass is 32.1. The van der Waals surface area contributed by atoms with Crippen LogP contribution in [0, 0.1) is 5.92 Å². The van der Waals surface area contributed by atoms with Crippen LogP contribution in [-0.4, -0.2) is 0 Å². The summed E-state index contributed by atoms with van der Waals surface area (Å²) in [5, 5.41) is 0.968. The van der Waals surface area contributed by atoms with E-state index in [4.69, 9.17) is 4.74 Å². The van der Waals surface area contributed by atoms with E-state index in [1.54, 1.807) is 11.3 Å². The monoisotopic (exact) mass is 312 g/mol. The molecule has 1 heterocycles. The SMILES string of the molecule is CCC(C)CC[n+]1c(Oc2ccccc2)sc2ccccc21. The van der Waals surface area contributed by atoms with E-state index in [1.807, 2.05) is 30.3 Å². The Morgan fingerprint density at radius 1 is 1.05 bits per heavy atom. The molecule has 0 amide bonds. The Hall–Kier alpha value is -1.87. The lowest BCUT2D eigenvalue weighted by Crippen LogP contribution is -2.34. The van der Waals surface area contributed by atoms with Gasteiger partial charge in [0.1, 0.15) is 10.4 Å². The number of aryl methyl sites for hydroxylation is 1. The molecule has 0 aliphatic rings. The van der Waals surface area contributed by atoms with Crippen molar-refractivity contribution in [2.45, 2.75) is 33.2 Å². The van der Waals surface area contributed by atoms with Crippen molar-refractivity contribution >= 4 is 21.6 Å². The van der Waals surface area contributed by atoms with Crippen LogP contribution in [0.3, 0.4) is 0 Å². The van der Waals surface area contributed by atoms with E-state index in [0.717, 1.165) is 23.4 Å². The molecule has 0 aliphatic heterocycles. The van der Waals surface area contributed by atoms with Crippen LogP contribution >= 0.6 is 11.3 Å². The molecular formula is C19H22NOS+. The zero-order valence-electron chi connectivity index (χ0n) is 13.2. The molecule has 1 atom stereocenters. The Balaban J connectivity index is 1.93. The minimum atomic E-state index is 0.732. The molecule has 0 radical (unpaired) electrons. The van der Waals surface area contributed by atoms with E-state index >= 15 is 0 Å². The Kier molecular flexibility index (Phi) is 4.74. The van der Waals surface area contributed by atoms with Gasteiger partial charge in [-0.15, -0.1) is 4.57 Å². The van der Waals surface area contributed by atoms with Crippen LogP contribution in [0.4, 0.5) is 0 Å². The summed E-state index contributed by atoms with van der Waals surface area (Å²) in [4.78, 5) is 0. The number of nitrogens with zero attached hydrogens (tertiary/aromatic N) is 1. The topological polar surface area (TPSA) is 13.1 Å². The van der Waals surface area contributed by atoms with Crippen molar-refractivity contribution in [1.82, 2.24) is 0 Å². The lowest BCUT2D eigenvalue weighted by Gasteiger charge is -2.06. The highest BCUT2D eigenvalue weighted by molar-refractivity contribution is 7.19. The molecule has 1 unspecified atom stereocenters. The van der Waals surface area contributed by atoms with Crippen LogP contribution in [0.5, 0.6) is 10.9 Å². The highest BCUT2D eigenvalue weighted by Crippen LogP contribution is 2.30. The number of hydrogen-bond acceptors (Lipinski definition) is 2. The molecule has 2 aromatic carbocycles. The van der Waals surface area contributed by atoms with Gasteiger partial charge in [0, 0.05) is 12.5 Å².